The topological polar surface area (TPSA) is 29.5 Å². The second kappa shape index (κ2) is 7.20. The molecule has 4 heteroatoms. The quantitative estimate of drug-likeness (QED) is 0.743. The molecule has 2 aliphatic heterocycles. The van der Waals surface area contributed by atoms with Crippen LogP contribution in [-0.2, 0) is 6.54 Å². The highest BCUT2D eigenvalue weighted by molar-refractivity contribution is 5.98. The van der Waals surface area contributed by atoms with Gasteiger partial charge in [-0.1, -0.05) is 30.3 Å². The van der Waals surface area contributed by atoms with E-state index < -0.39 is 5.82 Å². The first kappa shape index (κ1) is 17.2. The predicted molar refractivity (Wildman–Crippen MR) is 98.8 cm³/mol. The fraction of sp³-hybridized carbons (Fsp3) is 0.409. The summed E-state index contributed by atoms with van der Waals surface area (Å²) in [6.45, 7) is 0.960. The molecule has 0 N–H and O–H groups in total. The normalized spacial score (nSPS) is 25.2. The standard InChI is InChI=1S/C22H24FNO2/c1-26-21-13-16(7-10-20(21)23)22(25)17-11-18-8-9-19(12-17)24(18)14-15-5-3-2-4-6-15/h2-7,10,13,17-19H,8-9,11-12,14H2,1H3. The van der Waals surface area contributed by atoms with Crippen LogP contribution in [0.4, 0.5) is 4.39 Å². The number of hydrogen-bond donors (Lipinski definition) is 0. The molecule has 2 aromatic carbocycles. The molecule has 2 fully saturated rings. The van der Waals surface area contributed by atoms with Crippen molar-refractivity contribution in [1.29, 1.82) is 0 Å². The molecule has 0 aliphatic carbocycles. The van der Waals surface area contributed by atoms with Crippen LogP contribution in [0.3, 0.4) is 0 Å². The average molecular weight is 353 g/mol. The van der Waals surface area contributed by atoms with Crippen LogP contribution in [-0.4, -0.2) is 29.9 Å². The SMILES string of the molecule is COc1cc(C(=O)C2CC3CCC(C2)N3Cc2ccccc2)ccc1F. The van der Waals surface area contributed by atoms with Gasteiger partial charge in [-0.2, -0.15) is 0 Å². The largest absolute Gasteiger partial charge is 0.494 e. The van der Waals surface area contributed by atoms with E-state index in [1.54, 1.807) is 6.07 Å². The molecule has 0 aromatic heterocycles. The number of fused-ring (bicyclic) bond motifs is 2. The Kier molecular flexibility index (Phi) is 4.77. The van der Waals surface area contributed by atoms with Gasteiger partial charge in [-0.3, -0.25) is 9.69 Å². The number of rotatable bonds is 5. The van der Waals surface area contributed by atoms with E-state index in [0.717, 1.165) is 32.2 Å². The minimum Gasteiger partial charge on any atom is -0.494 e. The maximum Gasteiger partial charge on any atom is 0.166 e. The van der Waals surface area contributed by atoms with Crippen molar-refractivity contribution in [2.75, 3.05) is 7.11 Å². The first-order chi connectivity index (χ1) is 12.7. The Balaban J connectivity index is 1.47. The van der Waals surface area contributed by atoms with Crippen LogP contribution in [0.5, 0.6) is 5.75 Å². The van der Waals surface area contributed by atoms with E-state index in [4.69, 9.17) is 4.74 Å². The van der Waals surface area contributed by atoms with E-state index in [2.05, 4.69) is 29.2 Å². The molecular formula is C22H24FNO2. The third kappa shape index (κ3) is 3.26. The summed E-state index contributed by atoms with van der Waals surface area (Å²) in [5.74, 6) is -0.142. The fourth-order valence-corrected chi connectivity index (χ4v) is 4.59. The zero-order valence-corrected chi connectivity index (χ0v) is 15.0. The van der Waals surface area contributed by atoms with Gasteiger partial charge in [0.05, 0.1) is 7.11 Å². The lowest BCUT2D eigenvalue weighted by atomic mass is 9.84. The highest BCUT2D eigenvalue weighted by atomic mass is 19.1. The number of ether oxygens (including phenoxy) is 1. The van der Waals surface area contributed by atoms with Gasteiger partial charge in [0.2, 0.25) is 0 Å². The van der Waals surface area contributed by atoms with Crippen molar-refractivity contribution in [2.45, 2.75) is 44.3 Å². The monoisotopic (exact) mass is 353 g/mol. The molecule has 3 nitrogen and oxygen atoms in total. The van der Waals surface area contributed by atoms with Crippen LogP contribution in [0.2, 0.25) is 0 Å². The lowest BCUT2D eigenvalue weighted by molar-refractivity contribution is 0.0678. The third-order valence-corrected chi connectivity index (χ3v) is 5.90. The van der Waals surface area contributed by atoms with E-state index in [-0.39, 0.29) is 17.5 Å². The molecule has 136 valence electrons. The van der Waals surface area contributed by atoms with Gasteiger partial charge in [0.25, 0.3) is 0 Å². The van der Waals surface area contributed by atoms with Crippen LogP contribution in [0.1, 0.15) is 41.6 Å². The van der Waals surface area contributed by atoms with Crippen molar-refractivity contribution in [1.82, 2.24) is 4.90 Å². The summed E-state index contributed by atoms with van der Waals surface area (Å²) >= 11 is 0. The maximum absolute atomic E-state index is 13.6. The second-order valence-electron chi connectivity index (χ2n) is 7.42. The summed E-state index contributed by atoms with van der Waals surface area (Å²) in [6.07, 6.45) is 4.10. The van der Waals surface area contributed by atoms with Crippen molar-refractivity contribution in [3.8, 4) is 5.75 Å². The molecular weight excluding hydrogens is 329 g/mol. The van der Waals surface area contributed by atoms with Crippen LogP contribution < -0.4 is 4.74 Å². The number of Topliss-reactive ketones (excluding diaryl/α,β-unsaturated/α-hetero) is 1. The number of carbonyl (C=O) groups is 1. The average Bonchev–Trinajstić information content (AvgIpc) is 2.90. The van der Waals surface area contributed by atoms with Gasteiger partial charge < -0.3 is 4.74 Å². The molecule has 2 aromatic rings. The molecule has 2 unspecified atom stereocenters. The van der Waals surface area contributed by atoms with Crippen LogP contribution in [0.15, 0.2) is 48.5 Å². The highest BCUT2D eigenvalue weighted by Gasteiger charge is 2.42. The van der Waals surface area contributed by atoms with E-state index in [1.807, 2.05) is 6.07 Å². The van der Waals surface area contributed by atoms with Gasteiger partial charge in [-0.25, -0.2) is 4.39 Å². The first-order valence-corrected chi connectivity index (χ1v) is 9.33. The minimum atomic E-state index is -0.429. The Bertz CT molecular complexity index is 778. The predicted octanol–water partition coefficient (Wildman–Crippen LogP) is 4.46. The van der Waals surface area contributed by atoms with Gasteiger partial charge >= 0.3 is 0 Å². The van der Waals surface area contributed by atoms with Crippen molar-refractivity contribution in [3.63, 3.8) is 0 Å². The summed E-state index contributed by atoms with van der Waals surface area (Å²) in [4.78, 5) is 15.5. The van der Waals surface area contributed by atoms with Gasteiger partial charge in [-0.05, 0) is 49.4 Å². The van der Waals surface area contributed by atoms with Gasteiger partial charge in [0, 0.05) is 30.1 Å². The maximum atomic E-state index is 13.6. The summed E-state index contributed by atoms with van der Waals surface area (Å²) in [6, 6.07) is 15.9. The van der Waals surface area contributed by atoms with Crippen LogP contribution in [0, 0.1) is 11.7 Å². The lowest BCUT2D eigenvalue weighted by Crippen LogP contribution is -2.44. The zero-order chi connectivity index (χ0) is 18.1. The number of hydrogen-bond acceptors (Lipinski definition) is 3. The molecule has 2 saturated heterocycles. The van der Waals surface area contributed by atoms with Crippen LogP contribution >= 0.6 is 0 Å². The number of ketones is 1. The van der Waals surface area contributed by atoms with Crippen molar-refractivity contribution < 1.29 is 13.9 Å². The van der Waals surface area contributed by atoms with E-state index in [1.165, 1.54) is 24.8 Å². The van der Waals surface area contributed by atoms with Crippen molar-refractivity contribution >= 4 is 5.78 Å². The molecule has 2 atom stereocenters. The van der Waals surface area contributed by atoms with E-state index in [9.17, 15) is 9.18 Å². The number of piperidine rings is 1. The zero-order valence-electron chi connectivity index (χ0n) is 15.0. The van der Waals surface area contributed by atoms with Crippen LogP contribution in [0.25, 0.3) is 0 Å². The van der Waals surface area contributed by atoms with Gasteiger partial charge in [0.15, 0.2) is 17.3 Å². The lowest BCUT2D eigenvalue weighted by Gasteiger charge is -2.38. The summed E-state index contributed by atoms with van der Waals surface area (Å²) in [5, 5.41) is 0. The molecule has 26 heavy (non-hydrogen) atoms. The Labute approximate surface area is 153 Å². The smallest absolute Gasteiger partial charge is 0.166 e. The Morgan fingerprint density at radius 1 is 1.12 bits per heavy atom. The summed E-state index contributed by atoms with van der Waals surface area (Å²) < 4.78 is 18.7. The molecule has 2 heterocycles. The number of methoxy groups -OCH3 is 1. The van der Waals surface area contributed by atoms with Gasteiger partial charge in [0.1, 0.15) is 0 Å². The molecule has 0 radical (unpaired) electrons. The molecule has 0 amide bonds. The summed E-state index contributed by atoms with van der Waals surface area (Å²) in [7, 11) is 1.43. The minimum absolute atomic E-state index is 0.0229. The Morgan fingerprint density at radius 3 is 2.46 bits per heavy atom. The fourth-order valence-electron chi connectivity index (χ4n) is 4.59. The van der Waals surface area contributed by atoms with Crippen molar-refractivity contribution in [3.05, 3.63) is 65.5 Å². The van der Waals surface area contributed by atoms with Gasteiger partial charge in [-0.15, -0.1) is 0 Å². The molecule has 2 aliphatic rings. The first-order valence-electron chi connectivity index (χ1n) is 9.33. The number of nitrogens with zero attached hydrogens (tertiary/aromatic N) is 1. The Hall–Kier alpha value is -2.20. The van der Waals surface area contributed by atoms with E-state index >= 15 is 0 Å². The molecule has 0 saturated carbocycles. The third-order valence-electron chi connectivity index (χ3n) is 5.90. The molecule has 4 rings (SSSR count). The summed E-state index contributed by atoms with van der Waals surface area (Å²) in [5.41, 5.74) is 1.89. The molecule has 2 bridgehead atoms. The van der Waals surface area contributed by atoms with E-state index in [0.29, 0.717) is 17.6 Å². The van der Waals surface area contributed by atoms with Crippen molar-refractivity contribution in [2.24, 2.45) is 5.92 Å². The number of benzene rings is 2. The number of carbonyl (C=O) groups excluding carboxylic acids is 1. The molecule has 0 spiro atoms. The number of halogens is 1. The highest BCUT2D eigenvalue weighted by Crippen LogP contribution is 2.41. The second-order valence-corrected chi connectivity index (χ2v) is 7.42. The Morgan fingerprint density at radius 2 is 1.81 bits per heavy atom.